The molecule has 0 aliphatic carbocycles. The lowest BCUT2D eigenvalue weighted by Crippen LogP contribution is -2.36. The molecule has 5 heteroatoms. The van der Waals surface area contributed by atoms with E-state index in [-0.39, 0.29) is 5.91 Å². The molecule has 16 heavy (non-hydrogen) atoms. The molecule has 0 spiro atoms. The number of nitrogens with zero attached hydrogens (tertiary/aromatic N) is 3. The molecule has 4 nitrogen and oxygen atoms in total. The minimum Gasteiger partial charge on any atom is -0.343 e. The van der Waals surface area contributed by atoms with Crippen LogP contribution < -0.4 is 0 Å². The largest absolute Gasteiger partial charge is 0.343 e. The summed E-state index contributed by atoms with van der Waals surface area (Å²) in [5.74, 6) is 0.622. The van der Waals surface area contributed by atoms with Crippen molar-refractivity contribution >= 4 is 21.8 Å². The van der Waals surface area contributed by atoms with E-state index in [0.29, 0.717) is 5.92 Å². The Morgan fingerprint density at radius 3 is 2.69 bits per heavy atom. The van der Waals surface area contributed by atoms with E-state index in [0.717, 1.165) is 36.2 Å². The Morgan fingerprint density at radius 2 is 2.12 bits per heavy atom. The summed E-state index contributed by atoms with van der Waals surface area (Å²) in [6.45, 7) is 3.30. The lowest BCUT2D eigenvalue weighted by molar-refractivity contribution is -0.129. The van der Waals surface area contributed by atoms with Gasteiger partial charge < -0.3 is 4.90 Å². The van der Waals surface area contributed by atoms with Gasteiger partial charge in [-0.3, -0.25) is 4.79 Å². The van der Waals surface area contributed by atoms with Crippen molar-refractivity contribution < 1.29 is 4.79 Å². The number of aromatic nitrogens is 2. The summed E-state index contributed by atoms with van der Waals surface area (Å²) in [5, 5.41) is 0. The summed E-state index contributed by atoms with van der Waals surface area (Å²) in [6.07, 6.45) is 3.56. The van der Waals surface area contributed by atoms with Crippen LogP contribution in [0, 0.1) is 0 Å². The van der Waals surface area contributed by atoms with Gasteiger partial charge in [0.05, 0.1) is 0 Å². The Morgan fingerprint density at radius 1 is 1.44 bits per heavy atom. The first-order valence-corrected chi connectivity index (χ1v) is 6.19. The summed E-state index contributed by atoms with van der Waals surface area (Å²) in [6, 6.07) is 1.97. The van der Waals surface area contributed by atoms with Crippen molar-refractivity contribution in [2.75, 3.05) is 13.1 Å². The number of hydrogen-bond acceptors (Lipinski definition) is 3. The Bertz CT molecular complexity index is 389. The van der Waals surface area contributed by atoms with E-state index >= 15 is 0 Å². The average Bonchev–Trinajstić information content (AvgIpc) is 2.29. The minimum atomic E-state index is 0.169. The Labute approximate surface area is 103 Å². The fourth-order valence-electron chi connectivity index (χ4n) is 2.06. The molecule has 0 radical (unpaired) electrons. The van der Waals surface area contributed by atoms with Crippen LogP contribution in [0.25, 0.3) is 0 Å². The summed E-state index contributed by atoms with van der Waals surface area (Å²) in [4.78, 5) is 21.4. The summed E-state index contributed by atoms with van der Waals surface area (Å²) in [7, 11) is 0. The van der Waals surface area contributed by atoms with Crippen molar-refractivity contribution in [2.45, 2.75) is 25.7 Å². The monoisotopic (exact) mass is 283 g/mol. The van der Waals surface area contributed by atoms with Gasteiger partial charge in [-0.1, -0.05) is 0 Å². The first kappa shape index (κ1) is 11.5. The zero-order valence-corrected chi connectivity index (χ0v) is 10.8. The predicted octanol–water partition coefficient (Wildman–Crippen LogP) is 1.97. The van der Waals surface area contributed by atoms with Gasteiger partial charge in [0.15, 0.2) is 0 Å². The van der Waals surface area contributed by atoms with Crippen LogP contribution >= 0.6 is 15.9 Å². The molecule has 1 aliphatic heterocycles. The van der Waals surface area contributed by atoms with Gasteiger partial charge in [-0.15, -0.1) is 0 Å². The summed E-state index contributed by atoms with van der Waals surface area (Å²) in [5.41, 5.74) is 1.07. The standard InChI is InChI=1S/C11H14BrN3O/c1-8(16)15-4-2-9(3-5-15)10-6-11(12)14-7-13-10/h6-7,9H,2-5H2,1H3. The lowest BCUT2D eigenvalue weighted by Gasteiger charge is -2.30. The molecule has 0 unspecified atom stereocenters. The molecule has 1 amide bonds. The molecule has 0 bridgehead atoms. The van der Waals surface area contributed by atoms with E-state index < -0.39 is 0 Å². The SMILES string of the molecule is CC(=O)N1CCC(c2cc(Br)ncn2)CC1. The maximum atomic E-state index is 11.2. The third kappa shape index (κ3) is 2.58. The minimum absolute atomic E-state index is 0.169. The van der Waals surface area contributed by atoms with Gasteiger partial charge >= 0.3 is 0 Å². The van der Waals surface area contributed by atoms with Gasteiger partial charge in [-0.05, 0) is 34.8 Å². The predicted molar refractivity (Wildman–Crippen MR) is 64.0 cm³/mol. The zero-order valence-electron chi connectivity index (χ0n) is 9.19. The molecule has 1 fully saturated rings. The third-order valence-corrected chi connectivity index (χ3v) is 3.45. The highest BCUT2D eigenvalue weighted by atomic mass is 79.9. The average molecular weight is 284 g/mol. The van der Waals surface area contributed by atoms with Crippen molar-refractivity contribution in [1.29, 1.82) is 0 Å². The van der Waals surface area contributed by atoms with Gasteiger partial charge in [0, 0.05) is 31.6 Å². The number of carbonyl (C=O) groups excluding carboxylic acids is 1. The molecule has 1 saturated heterocycles. The van der Waals surface area contributed by atoms with Crippen molar-refractivity contribution in [3.63, 3.8) is 0 Å². The van der Waals surface area contributed by atoms with Crippen LogP contribution in [0.3, 0.4) is 0 Å². The van der Waals surface area contributed by atoms with Crippen molar-refractivity contribution in [3.05, 3.63) is 22.7 Å². The number of hydrogen-bond donors (Lipinski definition) is 0. The molecular weight excluding hydrogens is 270 g/mol. The molecule has 1 aliphatic rings. The number of rotatable bonds is 1. The van der Waals surface area contributed by atoms with Crippen molar-refractivity contribution in [2.24, 2.45) is 0 Å². The molecule has 0 atom stereocenters. The Hall–Kier alpha value is -0.970. The molecule has 0 saturated carbocycles. The second kappa shape index (κ2) is 4.91. The molecular formula is C11H14BrN3O. The topological polar surface area (TPSA) is 46.1 Å². The van der Waals surface area contributed by atoms with E-state index in [1.807, 2.05) is 11.0 Å². The Kier molecular flexibility index (Phi) is 3.53. The van der Waals surface area contributed by atoms with Crippen LogP contribution in [0.4, 0.5) is 0 Å². The highest BCUT2D eigenvalue weighted by molar-refractivity contribution is 9.10. The summed E-state index contributed by atoms with van der Waals surface area (Å²) < 4.78 is 0.825. The fraction of sp³-hybridized carbons (Fsp3) is 0.545. The molecule has 1 aromatic heterocycles. The number of halogens is 1. The zero-order chi connectivity index (χ0) is 11.5. The highest BCUT2D eigenvalue weighted by Crippen LogP contribution is 2.27. The van der Waals surface area contributed by atoms with Crippen LogP contribution in [0.5, 0.6) is 0 Å². The first-order chi connectivity index (χ1) is 7.66. The maximum Gasteiger partial charge on any atom is 0.219 e. The van der Waals surface area contributed by atoms with Crippen molar-refractivity contribution in [3.8, 4) is 0 Å². The van der Waals surface area contributed by atoms with Crippen LogP contribution in [0.1, 0.15) is 31.4 Å². The van der Waals surface area contributed by atoms with Gasteiger partial charge in [0.2, 0.25) is 5.91 Å². The molecule has 0 N–H and O–H groups in total. The molecule has 0 aromatic carbocycles. The number of carbonyl (C=O) groups is 1. The van der Waals surface area contributed by atoms with Gasteiger partial charge in [-0.25, -0.2) is 9.97 Å². The molecule has 2 heterocycles. The first-order valence-electron chi connectivity index (χ1n) is 5.40. The molecule has 86 valence electrons. The fourth-order valence-corrected chi connectivity index (χ4v) is 2.39. The summed E-state index contributed by atoms with van der Waals surface area (Å²) >= 11 is 3.35. The number of piperidine rings is 1. The van der Waals surface area contributed by atoms with E-state index in [9.17, 15) is 4.79 Å². The quantitative estimate of drug-likeness (QED) is 0.741. The van der Waals surface area contributed by atoms with Gasteiger partial charge in [-0.2, -0.15) is 0 Å². The van der Waals surface area contributed by atoms with Crippen LogP contribution in [-0.2, 0) is 4.79 Å². The third-order valence-electron chi connectivity index (χ3n) is 3.01. The number of likely N-dealkylation sites (tertiary alicyclic amines) is 1. The Balaban J connectivity index is 2.01. The molecule has 1 aromatic rings. The van der Waals surface area contributed by atoms with E-state index in [2.05, 4.69) is 25.9 Å². The normalized spacial score (nSPS) is 17.5. The lowest BCUT2D eigenvalue weighted by atomic mass is 9.93. The molecule has 2 rings (SSSR count). The van der Waals surface area contributed by atoms with Crippen LogP contribution in [0.2, 0.25) is 0 Å². The van der Waals surface area contributed by atoms with E-state index in [4.69, 9.17) is 0 Å². The second-order valence-electron chi connectivity index (χ2n) is 4.05. The van der Waals surface area contributed by atoms with E-state index in [1.165, 1.54) is 0 Å². The van der Waals surface area contributed by atoms with E-state index in [1.54, 1.807) is 13.3 Å². The van der Waals surface area contributed by atoms with Gasteiger partial charge in [0.1, 0.15) is 10.9 Å². The van der Waals surface area contributed by atoms with Crippen LogP contribution in [-0.4, -0.2) is 33.9 Å². The second-order valence-corrected chi connectivity index (χ2v) is 4.86. The van der Waals surface area contributed by atoms with Crippen molar-refractivity contribution in [1.82, 2.24) is 14.9 Å². The maximum absolute atomic E-state index is 11.2. The van der Waals surface area contributed by atoms with Gasteiger partial charge in [0.25, 0.3) is 0 Å². The smallest absolute Gasteiger partial charge is 0.219 e. The number of amides is 1. The van der Waals surface area contributed by atoms with Crippen LogP contribution in [0.15, 0.2) is 17.0 Å². The highest BCUT2D eigenvalue weighted by Gasteiger charge is 2.22.